The summed E-state index contributed by atoms with van der Waals surface area (Å²) in [6, 6.07) is 0. The molecule has 0 aliphatic heterocycles. The second-order valence-electron chi connectivity index (χ2n) is 15.1. The molecule has 0 saturated heterocycles. The molecule has 0 aromatic rings. The lowest BCUT2D eigenvalue weighted by molar-refractivity contribution is -0.341. The molecular weight excluding hydrogens is 562 g/mol. The van der Waals surface area contributed by atoms with Gasteiger partial charge in [0.25, 0.3) is 0 Å². The molecule has 1 spiro atoms. The molecule has 0 amide bonds. The molecule has 246 valence electrons. The van der Waals surface area contributed by atoms with Gasteiger partial charge in [0, 0.05) is 47.3 Å². The third kappa shape index (κ3) is 5.07. The van der Waals surface area contributed by atoms with Gasteiger partial charge in [0.2, 0.25) is 0 Å². The van der Waals surface area contributed by atoms with E-state index in [1.807, 2.05) is 34.9 Å². The number of rotatable bonds is 7. The molecule has 4 rings (SSSR count). The molecule has 9 heteroatoms. The zero-order chi connectivity index (χ0) is 33.2. The molecule has 0 aromatic heterocycles. The average Bonchev–Trinajstić information content (AvgIpc) is 3.10. The predicted molar refractivity (Wildman–Crippen MR) is 166 cm³/mol. The summed E-state index contributed by atoms with van der Waals surface area (Å²) >= 11 is 0. The fourth-order valence-corrected chi connectivity index (χ4v) is 10.0. The first-order valence-corrected chi connectivity index (χ1v) is 15.9. The maximum absolute atomic E-state index is 13.6. The Labute approximate surface area is 262 Å². The van der Waals surface area contributed by atoms with Gasteiger partial charge in [-0.15, -0.1) is 0 Å². The molecule has 44 heavy (non-hydrogen) atoms. The molecule has 9 nitrogen and oxygen atoms in total. The van der Waals surface area contributed by atoms with Gasteiger partial charge < -0.3 is 29.3 Å². The van der Waals surface area contributed by atoms with E-state index in [2.05, 4.69) is 11.5 Å². The molecule has 4 aliphatic carbocycles. The van der Waals surface area contributed by atoms with Crippen LogP contribution in [0.1, 0.15) is 81.1 Å². The van der Waals surface area contributed by atoms with Crippen molar-refractivity contribution in [3.05, 3.63) is 35.5 Å². The Bertz CT molecular complexity index is 1270. The van der Waals surface area contributed by atoms with Crippen molar-refractivity contribution in [1.82, 2.24) is 4.90 Å². The van der Waals surface area contributed by atoms with E-state index in [-0.39, 0.29) is 18.3 Å². The van der Waals surface area contributed by atoms with Crippen LogP contribution in [-0.4, -0.2) is 83.7 Å². The second-order valence-corrected chi connectivity index (χ2v) is 15.1. The summed E-state index contributed by atoms with van der Waals surface area (Å²) in [5.41, 5.74) is -2.53. The van der Waals surface area contributed by atoms with E-state index in [9.17, 15) is 24.6 Å². The Morgan fingerprint density at radius 1 is 0.932 bits per heavy atom. The van der Waals surface area contributed by atoms with E-state index < -0.39 is 70.1 Å². The lowest BCUT2D eigenvalue weighted by Gasteiger charge is -2.72. The number of nitrogens with zero attached hydrogens (tertiary/aromatic N) is 1. The molecule has 2 N–H and O–H groups in total. The molecular formula is C35H53NO8. The highest BCUT2D eigenvalue weighted by Gasteiger charge is 2.80. The topological polar surface area (TPSA) is 123 Å². The van der Waals surface area contributed by atoms with Gasteiger partial charge in [0.15, 0.2) is 0 Å². The monoisotopic (exact) mass is 615 g/mol. The number of aliphatic hydroxyl groups excluding tert-OH is 1. The van der Waals surface area contributed by atoms with Crippen LogP contribution >= 0.6 is 0 Å². The van der Waals surface area contributed by atoms with Crippen molar-refractivity contribution in [2.75, 3.05) is 20.6 Å². The maximum Gasteiger partial charge on any atom is 0.333 e. The zero-order valence-corrected chi connectivity index (χ0v) is 28.2. The average molecular weight is 616 g/mol. The minimum Gasteiger partial charge on any atom is -0.459 e. The second kappa shape index (κ2) is 11.7. The number of carbonyl (C=O) groups is 3. The minimum absolute atomic E-state index is 0.127. The van der Waals surface area contributed by atoms with E-state index in [1.54, 1.807) is 39.8 Å². The van der Waals surface area contributed by atoms with Gasteiger partial charge in [-0.3, -0.25) is 4.79 Å². The molecule has 0 radical (unpaired) electrons. The summed E-state index contributed by atoms with van der Waals surface area (Å²) in [4.78, 5) is 41.8. The first kappa shape index (κ1) is 34.4. The molecule has 4 saturated carbocycles. The quantitative estimate of drug-likeness (QED) is 0.186. The molecule has 2 bridgehead atoms. The normalized spacial score (nSPS) is 41.5. The maximum atomic E-state index is 13.6. The van der Waals surface area contributed by atoms with Crippen LogP contribution in [-0.2, 0) is 28.6 Å². The van der Waals surface area contributed by atoms with Crippen molar-refractivity contribution in [3.63, 3.8) is 0 Å². The number of hydrogen-bond acceptors (Lipinski definition) is 9. The van der Waals surface area contributed by atoms with Gasteiger partial charge in [-0.05, 0) is 78.8 Å². The minimum atomic E-state index is -1.60. The fourth-order valence-electron chi connectivity index (χ4n) is 10.0. The summed E-state index contributed by atoms with van der Waals surface area (Å²) in [6.45, 7) is 19.1. The van der Waals surface area contributed by atoms with Crippen LogP contribution in [0.5, 0.6) is 0 Å². The number of esters is 3. The highest BCUT2D eigenvalue weighted by atomic mass is 16.6. The highest BCUT2D eigenvalue weighted by molar-refractivity contribution is 5.88. The van der Waals surface area contributed by atoms with Crippen LogP contribution < -0.4 is 0 Å². The number of hydrogen-bond donors (Lipinski definition) is 2. The largest absolute Gasteiger partial charge is 0.459 e. The number of ether oxygens (including phenoxy) is 3. The number of carbonyl (C=O) groups excluding carboxylic acids is 3. The van der Waals surface area contributed by atoms with Crippen molar-refractivity contribution in [1.29, 1.82) is 0 Å². The van der Waals surface area contributed by atoms with Crippen molar-refractivity contribution in [2.45, 2.75) is 111 Å². The summed E-state index contributed by atoms with van der Waals surface area (Å²) in [7, 11) is 3.97. The van der Waals surface area contributed by atoms with Gasteiger partial charge in [-0.1, -0.05) is 45.1 Å². The summed E-state index contributed by atoms with van der Waals surface area (Å²) < 4.78 is 18.9. The van der Waals surface area contributed by atoms with E-state index in [4.69, 9.17) is 14.2 Å². The van der Waals surface area contributed by atoms with Crippen LogP contribution in [0.2, 0.25) is 0 Å². The number of allylic oxidation sites excluding steroid dienone is 2. The number of fused-ring (bicyclic) bond motifs is 3. The summed E-state index contributed by atoms with van der Waals surface area (Å²) in [6.07, 6.45) is 1.22. The Balaban J connectivity index is 2.07. The van der Waals surface area contributed by atoms with Crippen LogP contribution in [0, 0.1) is 34.0 Å². The first-order valence-electron chi connectivity index (χ1n) is 15.9. The molecule has 4 fully saturated rings. The lowest BCUT2D eigenvalue weighted by Crippen LogP contribution is -2.79. The SMILES string of the molecule is C=C1C[C@@]23C[C@H](OC(C)=O)[C@]4(O)C(C)(C)C[C@H](O)C[C@@]4(C)[C@@H]2[C@H](OC(=O)/C(C)=C/C)[C@H](OC(=O)/C(C)=C/C)[C@@H]1[C@@H]3CN(C)C. The zero-order valence-electron chi connectivity index (χ0n) is 28.2. The van der Waals surface area contributed by atoms with E-state index in [0.717, 1.165) is 5.57 Å². The Hall–Kier alpha value is -2.49. The summed E-state index contributed by atoms with van der Waals surface area (Å²) in [5, 5.41) is 24.5. The molecule has 0 heterocycles. The van der Waals surface area contributed by atoms with Crippen LogP contribution in [0.15, 0.2) is 35.5 Å². The highest BCUT2D eigenvalue weighted by Crippen LogP contribution is 2.76. The molecule has 10 atom stereocenters. The van der Waals surface area contributed by atoms with Gasteiger partial charge in [0.05, 0.1) is 6.10 Å². The Kier molecular flexibility index (Phi) is 9.15. The van der Waals surface area contributed by atoms with E-state index in [1.165, 1.54) is 6.92 Å². The van der Waals surface area contributed by atoms with Crippen LogP contribution in [0.3, 0.4) is 0 Å². The van der Waals surface area contributed by atoms with E-state index in [0.29, 0.717) is 37.0 Å². The third-order valence-corrected chi connectivity index (χ3v) is 11.7. The van der Waals surface area contributed by atoms with E-state index >= 15 is 0 Å². The number of aliphatic hydroxyl groups is 2. The van der Waals surface area contributed by atoms with Gasteiger partial charge in [0.1, 0.15) is 23.9 Å². The molecule has 0 aromatic carbocycles. The Morgan fingerprint density at radius 2 is 1.48 bits per heavy atom. The van der Waals surface area contributed by atoms with Crippen molar-refractivity contribution >= 4 is 17.9 Å². The van der Waals surface area contributed by atoms with Crippen molar-refractivity contribution < 1.29 is 38.8 Å². The molecule has 0 unspecified atom stereocenters. The smallest absolute Gasteiger partial charge is 0.333 e. The van der Waals surface area contributed by atoms with Gasteiger partial charge >= 0.3 is 17.9 Å². The predicted octanol–water partition coefficient (Wildman–Crippen LogP) is 4.37. The van der Waals surface area contributed by atoms with Crippen molar-refractivity contribution in [3.8, 4) is 0 Å². The first-order chi connectivity index (χ1) is 20.3. The van der Waals surface area contributed by atoms with Crippen LogP contribution in [0.4, 0.5) is 0 Å². The van der Waals surface area contributed by atoms with Gasteiger partial charge in [-0.2, -0.15) is 0 Å². The van der Waals surface area contributed by atoms with Crippen LogP contribution in [0.25, 0.3) is 0 Å². The lowest BCUT2D eigenvalue weighted by atomic mass is 9.36. The standard InChI is InChI=1S/C35H53NO8/c1-12-19(3)30(39)43-27-26-21(5)14-34(24(26)18-36(10)11)17-25(42-22(6)37)35(41)32(7,8)15-23(38)16-33(35,9)29(34)28(27)44-31(40)20(4)13-2/h12-13,23-29,38,41H,5,14-18H2,1-4,6-11H3/b19-12+,20-13+/t23-,24-,25-,26-,27+,28+,29-,33-,34-,35-/m0/s1. The molecule has 4 aliphatic rings. The Morgan fingerprint density at radius 3 is 1.98 bits per heavy atom. The van der Waals surface area contributed by atoms with Gasteiger partial charge in [-0.25, -0.2) is 9.59 Å². The fraction of sp³-hybridized carbons (Fsp3) is 0.743. The third-order valence-electron chi connectivity index (χ3n) is 11.7. The summed E-state index contributed by atoms with van der Waals surface area (Å²) in [5.74, 6) is -2.57. The van der Waals surface area contributed by atoms with Crippen molar-refractivity contribution in [2.24, 2.45) is 34.0 Å².